The van der Waals surface area contributed by atoms with Gasteiger partial charge in [-0.2, -0.15) is 0 Å². The van der Waals surface area contributed by atoms with Gasteiger partial charge in [-0.15, -0.1) is 0 Å². The van der Waals surface area contributed by atoms with E-state index in [1.807, 2.05) is 18.7 Å². The van der Waals surface area contributed by atoms with E-state index in [0.717, 1.165) is 13.1 Å². The number of hydrogen-bond acceptors (Lipinski definition) is 2. The van der Waals surface area contributed by atoms with Gasteiger partial charge in [0.1, 0.15) is 0 Å². The first kappa shape index (κ1) is 9.71. The molecule has 0 saturated heterocycles. The lowest BCUT2D eigenvalue weighted by molar-refractivity contribution is 0.483. The Morgan fingerprint density at radius 3 is 3.00 bits per heavy atom. The Morgan fingerprint density at radius 1 is 1.50 bits per heavy atom. The van der Waals surface area contributed by atoms with Gasteiger partial charge in [-0.1, -0.05) is 6.92 Å². The Kier molecular flexibility index (Phi) is 2.87. The molecule has 0 aromatic carbocycles. The first-order valence-electron chi connectivity index (χ1n) is 5.45. The van der Waals surface area contributed by atoms with E-state index in [2.05, 4.69) is 21.8 Å². The number of aromatic nitrogens is 2. The monoisotopic (exact) mass is 193 g/mol. The van der Waals surface area contributed by atoms with E-state index in [0.29, 0.717) is 5.41 Å². The fourth-order valence-corrected chi connectivity index (χ4v) is 1.59. The van der Waals surface area contributed by atoms with Crippen molar-refractivity contribution in [2.45, 2.75) is 32.7 Å². The third kappa shape index (κ3) is 2.84. The van der Waals surface area contributed by atoms with Gasteiger partial charge < -0.3 is 9.88 Å². The van der Waals surface area contributed by atoms with Crippen molar-refractivity contribution in [1.82, 2.24) is 14.9 Å². The van der Waals surface area contributed by atoms with Gasteiger partial charge in [0, 0.05) is 25.5 Å². The topological polar surface area (TPSA) is 29.9 Å². The molecule has 1 N–H and O–H groups in total. The molecule has 1 fully saturated rings. The summed E-state index contributed by atoms with van der Waals surface area (Å²) in [4.78, 5) is 4.01. The second kappa shape index (κ2) is 4.13. The quantitative estimate of drug-likeness (QED) is 0.696. The van der Waals surface area contributed by atoms with Crippen molar-refractivity contribution in [2.75, 3.05) is 13.1 Å². The van der Waals surface area contributed by atoms with Crippen LogP contribution in [0.5, 0.6) is 0 Å². The Hall–Kier alpha value is -0.830. The van der Waals surface area contributed by atoms with Gasteiger partial charge in [-0.25, -0.2) is 4.98 Å². The van der Waals surface area contributed by atoms with Gasteiger partial charge in [0.05, 0.1) is 6.33 Å². The lowest BCUT2D eigenvalue weighted by Gasteiger charge is -2.09. The summed E-state index contributed by atoms with van der Waals surface area (Å²) in [6.07, 6.45) is 9.72. The first-order valence-corrected chi connectivity index (χ1v) is 5.45. The molecule has 3 nitrogen and oxygen atoms in total. The van der Waals surface area contributed by atoms with E-state index in [1.54, 1.807) is 0 Å². The number of nitrogens with zero attached hydrogens (tertiary/aromatic N) is 2. The molecule has 78 valence electrons. The summed E-state index contributed by atoms with van der Waals surface area (Å²) in [7, 11) is 0. The zero-order chi connectivity index (χ0) is 9.86. The van der Waals surface area contributed by atoms with Crippen LogP contribution in [0.4, 0.5) is 0 Å². The fraction of sp³-hybridized carbons (Fsp3) is 0.727. The Bertz CT molecular complexity index is 262. The van der Waals surface area contributed by atoms with Gasteiger partial charge in [0.25, 0.3) is 0 Å². The molecule has 0 atom stereocenters. The zero-order valence-corrected chi connectivity index (χ0v) is 8.87. The Balaban J connectivity index is 1.51. The predicted octanol–water partition coefficient (Wildman–Crippen LogP) is 1.66. The molecule has 1 aliphatic carbocycles. The molecule has 3 heteroatoms. The van der Waals surface area contributed by atoms with E-state index in [1.165, 1.54) is 25.8 Å². The summed E-state index contributed by atoms with van der Waals surface area (Å²) >= 11 is 0. The van der Waals surface area contributed by atoms with Crippen molar-refractivity contribution < 1.29 is 0 Å². The van der Waals surface area contributed by atoms with Crippen LogP contribution in [-0.4, -0.2) is 22.6 Å². The van der Waals surface area contributed by atoms with Crippen LogP contribution in [0.15, 0.2) is 18.7 Å². The third-order valence-electron chi connectivity index (χ3n) is 2.98. The van der Waals surface area contributed by atoms with Crippen molar-refractivity contribution in [3.63, 3.8) is 0 Å². The van der Waals surface area contributed by atoms with Crippen molar-refractivity contribution in [1.29, 1.82) is 0 Å². The van der Waals surface area contributed by atoms with E-state index < -0.39 is 0 Å². The number of aryl methyl sites for hydroxylation is 1. The molecule has 2 rings (SSSR count). The molecular weight excluding hydrogens is 174 g/mol. The average Bonchev–Trinajstić information content (AvgIpc) is 2.70. The fourth-order valence-electron chi connectivity index (χ4n) is 1.59. The number of nitrogens with one attached hydrogen (secondary N) is 1. The molecule has 1 aromatic rings. The zero-order valence-electron chi connectivity index (χ0n) is 8.87. The molecule has 0 bridgehead atoms. The molecule has 1 aromatic heterocycles. The molecule has 0 amide bonds. The van der Waals surface area contributed by atoms with Crippen molar-refractivity contribution >= 4 is 0 Å². The smallest absolute Gasteiger partial charge is 0.0945 e. The van der Waals surface area contributed by atoms with Crippen LogP contribution in [0.3, 0.4) is 0 Å². The molecule has 0 aliphatic heterocycles. The summed E-state index contributed by atoms with van der Waals surface area (Å²) in [5.41, 5.74) is 0.634. The maximum atomic E-state index is 4.01. The molecule has 0 unspecified atom stereocenters. The second-order valence-electron chi connectivity index (χ2n) is 4.64. The van der Waals surface area contributed by atoms with Crippen LogP contribution >= 0.6 is 0 Å². The van der Waals surface area contributed by atoms with Gasteiger partial charge in [-0.3, -0.25) is 0 Å². The molecular formula is C11H19N3. The number of hydrogen-bond donors (Lipinski definition) is 1. The number of rotatable bonds is 6. The first-order chi connectivity index (χ1) is 6.79. The highest BCUT2D eigenvalue weighted by molar-refractivity contribution is 4.90. The minimum absolute atomic E-state index is 0.634. The average molecular weight is 193 g/mol. The maximum Gasteiger partial charge on any atom is 0.0945 e. The minimum atomic E-state index is 0.634. The molecule has 14 heavy (non-hydrogen) atoms. The lowest BCUT2D eigenvalue weighted by atomic mass is 10.1. The van der Waals surface area contributed by atoms with Crippen LogP contribution in [-0.2, 0) is 6.54 Å². The van der Waals surface area contributed by atoms with Crippen LogP contribution in [0.2, 0.25) is 0 Å². The summed E-state index contributed by atoms with van der Waals surface area (Å²) in [6.45, 7) is 5.74. The Morgan fingerprint density at radius 2 is 2.36 bits per heavy atom. The standard InChI is InChI=1S/C11H19N3/c1-11(3-4-11)9-12-5-2-7-14-8-6-13-10-14/h6,8,10,12H,2-5,7,9H2,1H3. The molecule has 0 spiro atoms. The van der Waals surface area contributed by atoms with Crippen molar-refractivity contribution in [3.8, 4) is 0 Å². The van der Waals surface area contributed by atoms with E-state index in [-0.39, 0.29) is 0 Å². The van der Waals surface area contributed by atoms with E-state index in [9.17, 15) is 0 Å². The summed E-state index contributed by atoms with van der Waals surface area (Å²) in [6, 6.07) is 0. The normalized spacial score (nSPS) is 18.4. The van der Waals surface area contributed by atoms with Crippen LogP contribution in [0.25, 0.3) is 0 Å². The summed E-state index contributed by atoms with van der Waals surface area (Å²) in [5, 5.41) is 3.52. The summed E-state index contributed by atoms with van der Waals surface area (Å²) in [5.74, 6) is 0. The van der Waals surface area contributed by atoms with Gasteiger partial charge in [-0.05, 0) is 31.2 Å². The van der Waals surface area contributed by atoms with Crippen LogP contribution < -0.4 is 5.32 Å². The molecule has 1 saturated carbocycles. The van der Waals surface area contributed by atoms with Crippen molar-refractivity contribution in [3.05, 3.63) is 18.7 Å². The van der Waals surface area contributed by atoms with Gasteiger partial charge in [0.15, 0.2) is 0 Å². The minimum Gasteiger partial charge on any atom is -0.337 e. The van der Waals surface area contributed by atoms with Crippen LogP contribution in [0, 0.1) is 5.41 Å². The molecule has 0 radical (unpaired) electrons. The van der Waals surface area contributed by atoms with Crippen LogP contribution in [0.1, 0.15) is 26.2 Å². The third-order valence-corrected chi connectivity index (χ3v) is 2.98. The lowest BCUT2D eigenvalue weighted by Crippen LogP contribution is -2.23. The van der Waals surface area contributed by atoms with E-state index >= 15 is 0 Å². The van der Waals surface area contributed by atoms with Gasteiger partial charge in [0.2, 0.25) is 0 Å². The molecule has 1 aliphatic rings. The number of imidazole rings is 1. The summed E-state index contributed by atoms with van der Waals surface area (Å²) < 4.78 is 2.13. The Labute approximate surface area is 85.5 Å². The highest BCUT2D eigenvalue weighted by Crippen LogP contribution is 2.43. The SMILES string of the molecule is CC1(CNCCCn2ccnc2)CC1. The maximum absolute atomic E-state index is 4.01. The molecule has 1 heterocycles. The second-order valence-corrected chi connectivity index (χ2v) is 4.64. The highest BCUT2D eigenvalue weighted by Gasteiger charge is 2.36. The van der Waals surface area contributed by atoms with Gasteiger partial charge >= 0.3 is 0 Å². The highest BCUT2D eigenvalue weighted by atomic mass is 15.0. The largest absolute Gasteiger partial charge is 0.337 e. The van der Waals surface area contributed by atoms with E-state index in [4.69, 9.17) is 0 Å². The predicted molar refractivity (Wildman–Crippen MR) is 57.1 cm³/mol. The van der Waals surface area contributed by atoms with Crippen molar-refractivity contribution in [2.24, 2.45) is 5.41 Å².